The van der Waals surface area contributed by atoms with Crippen LogP contribution in [-0.2, 0) is 0 Å². The molecule has 0 saturated heterocycles. The lowest BCUT2D eigenvalue weighted by Crippen LogP contribution is -2.09. The lowest BCUT2D eigenvalue weighted by Gasteiger charge is -2.19. The van der Waals surface area contributed by atoms with Crippen molar-refractivity contribution in [3.05, 3.63) is 16.4 Å². The smallest absolute Gasteiger partial charge is 0.152 e. The van der Waals surface area contributed by atoms with E-state index in [1.165, 1.54) is 0 Å². The maximum Gasteiger partial charge on any atom is 0.152 e. The number of hydrogen-bond donors (Lipinski definition) is 2. The van der Waals surface area contributed by atoms with Gasteiger partial charge in [0.1, 0.15) is 0 Å². The van der Waals surface area contributed by atoms with Crippen LogP contribution < -0.4 is 11.5 Å². The lowest BCUT2D eigenvalue weighted by molar-refractivity contribution is 0.644. The third kappa shape index (κ3) is 2.17. The molecule has 4 N–H and O–H groups in total. The van der Waals surface area contributed by atoms with E-state index in [-0.39, 0.29) is 0 Å². The molecule has 0 spiro atoms. The Hall–Kier alpha value is -0.960. The predicted octanol–water partition coefficient (Wildman–Crippen LogP) is 3.11. The van der Waals surface area contributed by atoms with Gasteiger partial charge in [-0.2, -0.15) is 0 Å². The highest BCUT2D eigenvalue weighted by atomic mass is 35.5. The summed E-state index contributed by atoms with van der Waals surface area (Å²) in [6.45, 7) is 6.10. The first-order chi connectivity index (χ1) is 7.02. The van der Waals surface area contributed by atoms with Crippen molar-refractivity contribution in [2.75, 3.05) is 11.5 Å². The average Bonchev–Trinajstić information content (AvgIpc) is 2.21. The Labute approximate surface area is 95.8 Å². The van der Waals surface area contributed by atoms with Crippen LogP contribution in [0.5, 0.6) is 0 Å². The molecule has 1 aromatic rings. The van der Waals surface area contributed by atoms with Crippen LogP contribution in [0.4, 0.5) is 11.4 Å². The SMILES string of the molecule is CCC(CC)c1c(N)c(C)nc(Cl)c1N. The van der Waals surface area contributed by atoms with Gasteiger partial charge in [0.15, 0.2) is 5.15 Å². The van der Waals surface area contributed by atoms with Gasteiger partial charge in [0.2, 0.25) is 0 Å². The van der Waals surface area contributed by atoms with Crippen LogP contribution in [0.25, 0.3) is 0 Å². The zero-order valence-corrected chi connectivity index (χ0v) is 10.2. The van der Waals surface area contributed by atoms with E-state index in [9.17, 15) is 0 Å². The van der Waals surface area contributed by atoms with Gasteiger partial charge in [-0.1, -0.05) is 25.4 Å². The zero-order valence-electron chi connectivity index (χ0n) is 9.47. The number of halogens is 1. The van der Waals surface area contributed by atoms with E-state index in [4.69, 9.17) is 23.1 Å². The topological polar surface area (TPSA) is 64.9 Å². The summed E-state index contributed by atoms with van der Waals surface area (Å²) >= 11 is 5.96. The molecule has 84 valence electrons. The second-order valence-corrected chi connectivity index (χ2v) is 4.10. The molecule has 0 fully saturated rings. The lowest BCUT2D eigenvalue weighted by atomic mass is 9.91. The van der Waals surface area contributed by atoms with E-state index in [1.54, 1.807) is 0 Å². The summed E-state index contributed by atoms with van der Waals surface area (Å²) in [7, 11) is 0. The van der Waals surface area contributed by atoms with Crippen molar-refractivity contribution in [1.29, 1.82) is 0 Å². The predicted molar refractivity (Wildman–Crippen MR) is 66.1 cm³/mol. The summed E-state index contributed by atoms with van der Waals surface area (Å²) in [6.07, 6.45) is 2.01. The number of aromatic nitrogens is 1. The van der Waals surface area contributed by atoms with Crippen LogP contribution in [0.2, 0.25) is 5.15 Å². The Morgan fingerprint density at radius 1 is 1.20 bits per heavy atom. The number of nitrogens with zero attached hydrogens (tertiary/aromatic N) is 1. The molecule has 1 rings (SSSR count). The first-order valence-electron chi connectivity index (χ1n) is 5.23. The molecule has 0 atom stereocenters. The highest BCUT2D eigenvalue weighted by Gasteiger charge is 2.18. The zero-order chi connectivity index (χ0) is 11.6. The van der Waals surface area contributed by atoms with Gasteiger partial charge in [0.05, 0.1) is 17.1 Å². The molecule has 0 saturated carbocycles. The summed E-state index contributed by atoms with van der Waals surface area (Å²) < 4.78 is 0. The Kier molecular flexibility index (Phi) is 3.80. The van der Waals surface area contributed by atoms with Gasteiger partial charge in [-0.3, -0.25) is 0 Å². The standard InChI is InChI=1S/C11H18ClN3/c1-4-7(5-2)8-9(13)6(3)15-11(12)10(8)14/h7H,4-5,13-14H2,1-3H3. The van der Waals surface area contributed by atoms with Crippen molar-refractivity contribution in [2.45, 2.75) is 39.5 Å². The third-order valence-electron chi connectivity index (χ3n) is 2.85. The minimum Gasteiger partial charge on any atom is -0.397 e. The van der Waals surface area contributed by atoms with Crippen molar-refractivity contribution in [1.82, 2.24) is 4.98 Å². The Balaban J connectivity index is 3.37. The van der Waals surface area contributed by atoms with Crippen molar-refractivity contribution < 1.29 is 0 Å². The number of nitrogen functional groups attached to an aromatic ring is 2. The monoisotopic (exact) mass is 227 g/mol. The van der Waals surface area contributed by atoms with Gasteiger partial charge in [-0.05, 0) is 25.7 Å². The molecule has 0 radical (unpaired) electrons. The van der Waals surface area contributed by atoms with Gasteiger partial charge in [-0.25, -0.2) is 4.98 Å². The number of pyridine rings is 1. The number of hydrogen-bond acceptors (Lipinski definition) is 3. The fourth-order valence-electron chi connectivity index (χ4n) is 1.86. The Bertz CT molecular complexity index is 333. The fourth-order valence-corrected chi connectivity index (χ4v) is 2.08. The van der Waals surface area contributed by atoms with Crippen LogP contribution in [0.1, 0.15) is 43.9 Å². The third-order valence-corrected chi connectivity index (χ3v) is 3.14. The van der Waals surface area contributed by atoms with Crippen molar-refractivity contribution in [3.8, 4) is 0 Å². The van der Waals surface area contributed by atoms with Gasteiger partial charge in [0.25, 0.3) is 0 Å². The molecule has 0 aliphatic rings. The summed E-state index contributed by atoms with van der Waals surface area (Å²) in [4.78, 5) is 4.10. The summed E-state index contributed by atoms with van der Waals surface area (Å²) in [5, 5.41) is 0.364. The van der Waals surface area contributed by atoms with Crippen molar-refractivity contribution in [2.24, 2.45) is 0 Å². The van der Waals surface area contributed by atoms with E-state index in [2.05, 4.69) is 18.8 Å². The van der Waals surface area contributed by atoms with E-state index >= 15 is 0 Å². The largest absolute Gasteiger partial charge is 0.397 e. The maximum absolute atomic E-state index is 6.00. The number of rotatable bonds is 3. The first-order valence-corrected chi connectivity index (χ1v) is 5.61. The van der Waals surface area contributed by atoms with E-state index in [0.29, 0.717) is 22.4 Å². The molecule has 0 amide bonds. The Morgan fingerprint density at radius 2 is 1.73 bits per heavy atom. The van der Waals surface area contributed by atoms with Crippen LogP contribution in [0.3, 0.4) is 0 Å². The normalized spacial score (nSPS) is 11.0. The Morgan fingerprint density at radius 3 is 2.20 bits per heavy atom. The highest BCUT2D eigenvalue weighted by Crippen LogP contribution is 2.37. The van der Waals surface area contributed by atoms with E-state index in [1.807, 2.05) is 6.92 Å². The number of aryl methyl sites for hydroxylation is 1. The molecular formula is C11H18ClN3. The van der Waals surface area contributed by atoms with Gasteiger partial charge in [-0.15, -0.1) is 0 Å². The maximum atomic E-state index is 6.00. The quantitative estimate of drug-likeness (QED) is 0.780. The van der Waals surface area contributed by atoms with Crippen LogP contribution >= 0.6 is 11.6 Å². The molecule has 0 aromatic carbocycles. The molecule has 1 heterocycles. The fraction of sp³-hybridized carbons (Fsp3) is 0.545. The van der Waals surface area contributed by atoms with Crippen LogP contribution in [0.15, 0.2) is 0 Å². The minimum absolute atomic E-state index is 0.364. The molecule has 4 heteroatoms. The second kappa shape index (κ2) is 4.71. The molecule has 1 aromatic heterocycles. The molecule has 0 bridgehead atoms. The molecule has 0 aliphatic heterocycles. The van der Waals surface area contributed by atoms with Crippen molar-refractivity contribution in [3.63, 3.8) is 0 Å². The van der Waals surface area contributed by atoms with E-state index in [0.717, 1.165) is 24.1 Å². The molecule has 3 nitrogen and oxygen atoms in total. The number of anilines is 2. The highest BCUT2D eigenvalue weighted by molar-refractivity contribution is 6.32. The van der Waals surface area contributed by atoms with Gasteiger partial charge in [0, 0.05) is 5.56 Å². The first kappa shape index (κ1) is 12.1. The molecule has 15 heavy (non-hydrogen) atoms. The second-order valence-electron chi connectivity index (χ2n) is 3.74. The summed E-state index contributed by atoms with van der Waals surface area (Å²) in [5.74, 6) is 0.365. The average molecular weight is 228 g/mol. The van der Waals surface area contributed by atoms with Gasteiger partial charge >= 0.3 is 0 Å². The molecule has 0 aliphatic carbocycles. The van der Waals surface area contributed by atoms with Crippen molar-refractivity contribution >= 4 is 23.0 Å². The summed E-state index contributed by atoms with van der Waals surface area (Å²) in [5.41, 5.74) is 14.9. The summed E-state index contributed by atoms with van der Waals surface area (Å²) in [6, 6.07) is 0. The molecular weight excluding hydrogens is 210 g/mol. The minimum atomic E-state index is 0.364. The number of nitrogens with two attached hydrogens (primary N) is 2. The van der Waals surface area contributed by atoms with Crippen LogP contribution in [-0.4, -0.2) is 4.98 Å². The van der Waals surface area contributed by atoms with Crippen LogP contribution in [0, 0.1) is 6.92 Å². The molecule has 0 unspecified atom stereocenters. The van der Waals surface area contributed by atoms with E-state index < -0.39 is 0 Å². The van der Waals surface area contributed by atoms with Gasteiger partial charge < -0.3 is 11.5 Å².